The number of methoxy groups -OCH3 is 2. The lowest BCUT2D eigenvalue weighted by molar-refractivity contribution is -0.0327. The molecule has 21 heavy (non-hydrogen) atoms. The van der Waals surface area contributed by atoms with Crippen LogP contribution in [0.5, 0.6) is 11.5 Å². The van der Waals surface area contributed by atoms with Crippen molar-refractivity contribution in [2.24, 2.45) is 0 Å². The third-order valence-corrected chi connectivity index (χ3v) is 3.41. The minimum Gasteiger partial charge on any atom is -0.497 e. The van der Waals surface area contributed by atoms with Gasteiger partial charge in [0, 0.05) is 24.4 Å². The molecule has 8 heteroatoms. The molecule has 1 rings (SSSR count). The van der Waals surface area contributed by atoms with E-state index in [1.807, 2.05) is 0 Å². The Morgan fingerprint density at radius 1 is 1.29 bits per heavy atom. The van der Waals surface area contributed by atoms with Crippen LogP contribution in [0, 0.1) is 0 Å². The Morgan fingerprint density at radius 2 is 2.00 bits per heavy atom. The topological polar surface area (TPSA) is 50.7 Å². The SMILES string of the molecule is COc1ccc(OC)c(C(O)CNCCSC(F)(F)F)c1. The first-order valence-corrected chi connectivity index (χ1v) is 7.17. The number of ether oxygens (including phenoxy) is 2. The number of hydrogen-bond acceptors (Lipinski definition) is 5. The molecular formula is C13H18F3NO3S. The first kappa shape index (κ1) is 17.9. The molecule has 0 saturated heterocycles. The molecule has 1 aromatic carbocycles. The minimum atomic E-state index is -4.23. The van der Waals surface area contributed by atoms with Crippen LogP contribution in [-0.4, -0.2) is 43.7 Å². The van der Waals surface area contributed by atoms with Crippen LogP contribution in [-0.2, 0) is 0 Å². The third-order valence-electron chi connectivity index (χ3n) is 2.68. The summed E-state index contributed by atoms with van der Waals surface area (Å²) < 4.78 is 46.0. The quantitative estimate of drug-likeness (QED) is 0.720. The second-order valence-corrected chi connectivity index (χ2v) is 5.28. The van der Waals surface area contributed by atoms with Crippen LogP contribution in [0.4, 0.5) is 13.2 Å². The van der Waals surface area contributed by atoms with Crippen molar-refractivity contribution in [3.05, 3.63) is 23.8 Å². The molecule has 0 aliphatic carbocycles. The lowest BCUT2D eigenvalue weighted by Gasteiger charge is -2.16. The number of nitrogens with one attached hydrogen (secondary N) is 1. The summed E-state index contributed by atoms with van der Waals surface area (Å²) in [5.74, 6) is 0.957. The van der Waals surface area contributed by atoms with Crippen LogP contribution in [0.3, 0.4) is 0 Å². The van der Waals surface area contributed by atoms with Gasteiger partial charge in [-0.15, -0.1) is 0 Å². The maximum absolute atomic E-state index is 11.9. The van der Waals surface area contributed by atoms with Gasteiger partial charge in [-0.2, -0.15) is 13.2 Å². The van der Waals surface area contributed by atoms with Gasteiger partial charge in [-0.3, -0.25) is 0 Å². The smallest absolute Gasteiger partial charge is 0.441 e. The fraction of sp³-hybridized carbons (Fsp3) is 0.538. The van der Waals surface area contributed by atoms with Crippen molar-refractivity contribution in [1.82, 2.24) is 5.32 Å². The molecule has 4 nitrogen and oxygen atoms in total. The molecule has 0 fully saturated rings. The average molecular weight is 325 g/mol. The molecule has 0 aliphatic heterocycles. The van der Waals surface area contributed by atoms with Gasteiger partial charge in [-0.1, -0.05) is 0 Å². The molecule has 0 radical (unpaired) electrons. The minimum absolute atomic E-state index is 0.0940. The van der Waals surface area contributed by atoms with E-state index >= 15 is 0 Å². The first-order chi connectivity index (χ1) is 9.87. The monoisotopic (exact) mass is 325 g/mol. The molecule has 0 saturated carbocycles. The zero-order valence-electron chi connectivity index (χ0n) is 11.7. The highest BCUT2D eigenvalue weighted by Crippen LogP contribution is 2.30. The number of aliphatic hydroxyl groups is 1. The molecule has 0 aliphatic rings. The van der Waals surface area contributed by atoms with Gasteiger partial charge in [0.15, 0.2) is 0 Å². The zero-order chi connectivity index (χ0) is 15.9. The average Bonchev–Trinajstić information content (AvgIpc) is 2.44. The van der Waals surface area contributed by atoms with Crippen molar-refractivity contribution in [2.75, 3.05) is 33.1 Å². The zero-order valence-corrected chi connectivity index (χ0v) is 12.6. The van der Waals surface area contributed by atoms with Crippen molar-refractivity contribution in [1.29, 1.82) is 0 Å². The number of rotatable bonds is 8. The van der Waals surface area contributed by atoms with Crippen LogP contribution in [0.15, 0.2) is 18.2 Å². The number of benzene rings is 1. The number of thioether (sulfide) groups is 1. The van der Waals surface area contributed by atoms with E-state index in [-0.39, 0.29) is 30.6 Å². The highest BCUT2D eigenvalue weighted by molar-refractivity contribution is 8.00. The molecule has 0 amide bonds. The van der Waals surface area contributed by atoms with Crippen LogP contribution in [0.25, 0.3) is 0 Å². The molecule has 0 heterocycles. The summed E-state index contributed by atoms with van der Waals surface area (Å²) in [6.45, 7) is 0.273. The molecular weight excluding hydrogens is 307 g/mol. The maximum Gasteiger partial charge on any atom is 0.441 e. The molecule has 1 unspecified atom stereocenters. The van der Waals surface area contributed by atoms with Gasteiger partial charge in [-0.05, 0) is 30.0 Å². The van der Waals surface area contributed by atoms with Crippen molar-refractivity contribution in [2.45, 2.75) is 11.6 Å². The Kier molecular flexibility index (Phi) is 7.13. The first-order valence-electron chi connectivity index (χ1n) is 6.18. The molecule has 0 aromatic heterocycles. The summed E-state index contributed by atoms with van der Waals surface area (Å²) in [4.78, 5) is 0. The van der Waals surface area contributed by atoms with Crippen LogP contribution in [0.1, 0.15) is 11.7 Å². The second-order valence-electron chi connectivity index (χ2n) is 4.12. The van der Waals surface area contributed by atoms with Crippen LogP contribution in [0.2, 0.25) is 0 Å². The summed E-state index contributed by atoms with van der Waals surface area (Å²) in [6, 6.07) is 5.00. The molecule has 0 spiro atoms. The van der Waals surface area contributed by atoms with E-state index in [0.717, 1.165) is 0 Å². The number of alkyl halides is 3. The fourth-order valence-electron chi connectivity index (χ4n) is 1.69. The Hall–Kier alpha value is -1.12. The highest BCUT2D eigenvalue weighted by Gasteiger charge is 2.27. The summed E-state index contributed by atoms with van der Waals surface area (Å²) in [6.07, 6.45) is -0.897. The normalized spacial score (nSPS) is 13.0. The molecule has 2 N–H and O–H groups in total. The van der Waals surface area contributed by atoms with E-state index < -0.39 is 11.6 Å². The van der Waals surface area contributed by atoms with Gasteiger partial charge < -0.3 is 19.9 Å². The van der Waals surface area contributed by atoms with Gasteiger partial charge >= 0.3 is 5.51 Å². The molecule has 1 atom stereocenters. The lowest BCUT2D eigenvalue weighted by atomic mass is 10.1. The number of hydrogen-bond donors (Lipinski definition) is 2. The standard InChI is InChI=1S/C13H18F3NO3S/c1-19-9-3-4-12(20-2)10(7-9)11(18)8-17-5-6-21-13(14,15)16/h3-4,7,11,17-18H,5-6,8H2,1-2H3. The molecule has 120 valence electrons. The predicted molar refractivity (Wildman–Crippen MR) is 75.9 cm³/mol. The number of aliphatic hydroxyl groups excluding tert-OH is 1. The van der Waals surface area contributed by atoms with Crippen LogP contribution >= 0.6 is 11.8 Å². The van der Waals surface area contributed by atoms with Crippen molar-refractivity contribution >= 4 is 11.8 Å². The van der Waals surface area contributed by atoms with E-state index in [2.05, 4.69) is 5.32 Å². The summed E-state index contributed by atoms with van der Waals surface area (Å²) in [5, 5.41) is 12.9. The van der Waals surface area contributed by atoms with Crippen molar-refractivity contribution in [3.63, 3.8) is 0 Å². The Balaban J connectivity index is 2.49. The van der Waals surface area contributed by atoms with E-state index in [0.29, 0.717) is 17.1 Å². The van der Waals surface area contributed by atoms with E-state index in [4.69, 9.17) is 9.47 Å². The largest absolute Gasteiger partial charge is 0.497 e. The van der Waals surface area contributed by atoms with Crippen LogP contribution < -0.4 is 14.8 Å². The van der Waals surface area contributed by atoms with Gasteiger partial charge in [0.2, 0.25) is 0 Å². The van der Waals surface area contributed by atoms with E-state index in [1.165, 1.54) is 14.2 Å². The van der Waals surface area contributed by atoms with Gasteiger partial charge in [0.1, 0.15) is 11.5 Å². The molecule has 0 bridgehead atoms. The van der Waals surface area contributed by atoms with Gasteiger partial charge in [0.25, 0.3) is 0 Å². The molecule has 1 aromatic rings. The Labute approximate surface area is 125 Å². The van der Waals surface area contributed by atoms with Gasteiger partial charge in [0.05, 0.1) is 20.3 Å². The summed E-state index contributed by atoms with van der Waals surface area (Å²) in [7, 11) is 2.98. The Morgan fingerprint density at radius 3 is 2.57 bits per heavy atom. The third kappa shape index (κ3) is 6.45. The predicted octanol–water partition coefficient (Wildman–Crippen LogP) is 2.58. The summed E-state index contributed by atoms with van der Waals surface area (Å²) in [5.41, 5.74) is -3.70. The van der Waals surface area contributed by atoms with Gasteiger partial charge in [-0.25, -0.2) is 0 Å². The second kappa shape index (κ2) is 8.35. The Bertz CT molecular complexity index is 443. The lowest BCUT2D eigenvalue weighted by Crippen LogP contribution is -2.24. The fourth-order valence-corrected chi connectivity index (χ4v) is 2.17. The van der Waals surface area contributed by atoms with E-state index in [1.54, 1.807) is 18.2 Å². The maximum atomic E-state index is 11.9. The van der Waals surface area contributed by atoms with Crippen molar-refractivity contribution in [3.8, 4) is 11.5 Å². The summed E-state index contributed by atoms with van der Waals surface area (Å²) >= 11 is -0.0940. The highest BCUT2D eigenvalue weighted by atomic mass is 32.2. The number of halogens is 3. The van der Waals surface area contributed by atoms with Crippen molar-refractivity contribution < 1.29 is 27.8 Å². The van der Waals surface area contributed by atoms with E-state index in [9.17, 15) is 18.3 Å².